The van der Waals surface area contributed by atoms with Gasteiger partial charge in [-0.1, -0.05) is 11.6 Å². The Morgan fingerprint density at radius 3 is 2.20 bits per heavy atom. The van der Waals surface area contributed by atoms with Gasteiger partial charge in [0.05, 0.1) is 16.2 Å². The van der Waals surface area contributed by atoms with Crippen molar-refractivity contribution in [3.8, 4) is 0 Å². The van der Waals surface area contributed by atoms with Crippen molar-refractivity contribution in [3.63, 3.8) is 0 Å². The van der Waals surface area contributed by atoms with Crippen LogP contribution in [0.5, 0.6) is 0 Å². The third kappa shape index (κ3) is 2.08. The van der Waals surface area contributed by atoms with E-state index in [1.165, 1.54) is 0 Å². The molecule has 0 amide bonds. The number of nitrogens with zero attached hydrogens (tertiary/aromatic N) is 1. The molecular weight excluding hydrogens is 274 g/mol. The zero-order valence-electron chi connectivity index (χ0n) is 12.4. The standard InChI is InChI=1S/C14H20BClN2O2/c1-12(2)13(3,4)20-15(19-12)9-7-18-8-10(16)11(9)14(17)5-6-14/h7-8H,5-6,17H2,1-4H3. The largest absolute Gasteiger partial charge is 0.496 e. The summed E-state index contributed by atoms with van der Waals surface area (Å²) in [5.41, 5.74) is 7.01. The Labute approximate surface area is 125 Å². The van der Waals surface area contributed by atoms with Crippen molar-refractivity contribution in [3.05, 3.63) is 23.0 Å². The molecule has 1 saturated carbocycles. The third-order valence-corrected chi connectivity index (χ3v) is 5.01. The fraction of sp³-hybridized carbons (Fsp3) is 0.643. The van der Waals surface area contributed by atoms with Gasteiger partial charge in [-0.25, -0.2) is 0 Å². The number of hydrogen-bond donors (Lipinski definition) is 1. The second kappa shape index (κ2) is 4.20. The zero-order valence-corrected chi connectivity index (χ0v) is 13.1. The maximum absolute atomic E-state index is 6.35. The SMILES string of the molecule is CC1(C)OB(c2cncc(Cl)c2C2(N)CC2)OC1(C)C. The van der Waals surface area contributed by atoms with Gasteiger partial charge in [-0.2, -0.15) is 0 Å². The van der Waals surface area contributed by atoms with Crippen LogP contribution < -0.4 is 11.2 Å². The lowest BCUT2D eigenvalue weighted by atomic mass is 9.75. The van der Waals surface area contributed by atoms with Gasteiger partial charge >= 0.3 is 7.12 Å². The minimum absolute atomic E-state index is 0.348. The average Bonchev–Trinajstić information content (AvgIpc) is 3.00. The summed E-state index contributed by atoms with van der Waals surface area (Å²) in [5.74, 6) is 0. The van der Waals surface area contributed by atoms with Gasteiger partial charge in [0.25, 0.3) is 0 Å². The highest BCUT2D eigenvalue weighted by Crippen LogP contribution is 2.45. The fourth-order valence-corrected chi connectivity index (χ4v) is 2.86. The van der Waals surface area contributed by atoms with Crippen LogP contribution in [0.2, 0.25) is 5.02 Å². The van der Waals surface area contributed by atoms with E-state index in [9.17, 15) is 0 Å². The number of nitrogens with two attached hydrogens (primary N) is 1. The van der Waals surface area contributed by atoms with Gasteiger partial charge in [0.15, 0.2) is 0 Å². The Hall–Kier alpha value is -0.615. The number of hydrogen-bond acceptors (Lipinski definition) is 4. The highest BCUT2D eigenvalue weighted by molar-refractivity contribution is 6.63. The molecule has 4 nitrogen and oxygen atoms in total. The Balaban J connectivity index is 2.03. The minimum Gasteiger partial charge on any atom is -0.399 e. The molecule has 3 rings (SSSR count). The van der Waals surface area contributed by atoms with Crippen LogP contribution in [0, 0.1) is 0 Å². The van der Waals surface area contributed by atoms with Gasteiger partial charge in [-0.15, -0.1) is 0 Å². The monoisotopic (exact) mass is 294 g/mol. The smallest absolute Gasteiger partial charge is 0.399 e. The predicted molar refractivity (Wildman–Crippen MR) is 80.1 cm³/mol. The summed E-state index contributed by atoms with van der Waals surface area (Å²) in [6, 6.07) is 0. The molecule has 2 heterocycles. The molecule has 0 radical (unpaired) electrons. The van der Waals surface area contributed by atoms with Crippen molar-refractivity contribution in [2.24, 2.45) is 5.73 Å². The summed E-state index contributed by atoms with van der Waals surface area (Å²) in [6.45, 7) is 8.11. The van der Waals surface area contributed by atoms with E-state index in [2.05, 4.69) is 4.98 Å². The summed E-state index contributed by atoms with van der Waals surface area (Å²) in [5, 5.41) is 0.595. The van der Waals surface area contributed by atoms with E-state index in [1.54, 1.807) is 12.4 Å². The maximum atomic E-state index is 6.35. The van der Waals surface area contributed by atoms with Gasteiger partial charge in [0.2, 0.25) is 0 Å². The molecule has 20 heavy (non-hydrogen) atoms. The first kappa shape index (κ1) is 14.3. The molecule has 0 aromatic carbocycles. The maximum Gasteiger partial charge on any atom is 0.496 e. The number of pyridine rings is 1. The lowest BCUT2D eigenvalue weighted by Crippen LogP contribution is -2.41. The lowest BCUT2D eigenvalue weighted by molar-refractivity contribution is 0.00578. The zero-order chi connectivity index (χ0) is 14.8. The molecule has 108 valence electrons. The molecule has 0 atom stereocenters. The first-order valence-electron chi connectivity index (χ1n) is 6.95. The van der Waals surface area contributed by atoms with Crippen LogP contribution >= 0.6 is 11.6 Å². The first-order chi connectivity index (χ1) is 9.16. The van der Waals surface area contributed by atoms with Crippen LogP contribution in [-0.4, -0.2) is 23.3 Å². The molecule has 1 aromatic rings. The summed E-state index contributed by atoms with van der Waals surface area (Å²) in [6.07, 6.45) is 5.27. The summed E-state index contributed by atoms with van der Waals surface area (Å²) >= 11 is 6.32. The molecule has 2 aliphatic rings. The topological polar surface area (TPSA) is 57.4 Å². The van der Waals surface area contributed by atoms with Crippen molar-refractivity contribution < 1.29 is 9.31 Å². The molecule has 0 spiro atoms. The molecule has 1 saturated heterocycles. The molecule has 1 aromatic heterocycles. The van der Waals surface area contributed by atoms with Gasteiger partial charge in [-0.05, 0) is 46.1 Å². The van der Waals surface area contributed by atoms with Crippen LogP contribution in [0.15, 0.2) is 12.4 Å². The summed E-state index contributed by atoms with van der Waals surface area (Å²) < 4.78 is 12.2. The van der Waals surface area contributed by atoms with E-state index in [-0.39, 0.29) is 16.7 Å². The Morgan fingerprint density at radius 1 is 1.15 bits per heavy atom. The Kier molecular flexibility index (Phi) is 3.01. The van der Waals surface area contributed by atoms with E-state index in [0.29, 0.717) is 5.02 Å². The molecule has 2 fully saturated rings. The van der Waals surface area contributed by atoms with Crippen LogP contribution in [-0.2, 0) is 14.8 Å². The average molecular weight is 295 g/mol. The van der Waals surface area contributed by atoms with Crippen LogP contribution in [0.1, 0.15) is 46.1 Å². The molecule has 1 aliphatic heterocycles. The van der Waals surface area contributed by atoms with Gasteiger partial charge < -0.3 is 15.0 Å². The van der Waals surface area contributed by atoms with Crippen LogP contribution in [0.3, 0.4) is 0 Å². The van der Waals surface area contributed by atoms with Crippen LogP contribution in [0.4, 0.5) is 0 Å². The number of rotatable bonds is 2. The quantitative estimate of drug-likeness (QED) is 0.848. The summed E-state index contributed by atoms with van der Waals surface area (Å²) in [4.78, 5) is 4.18. The van der Waals surface area contributed by atoms with Gasteiger partial charge in [0.1, 0.15) is 0 Å². The molecule has 6 heteroatoms. The van der Waals surface area contributed by atoms with E-state index >= 15 is 0 Å². The molecular formula is C14H20BClN2O2. The van der Waals surface area contributed by atoms with E-state index in [1.807, 2.05) is 27.7 Å². The number of halogens is 1. The third-order valence-electron chi connectivity index (χ3n) is 4.72. The van der Waals surface area contributed by atoms with Crippen molar-refractivity contribution in [2.45, 2.75) is 57.3 Å². The summed E-state index contributed by atoms with van der Waals surface area (Å²) in [7, 11) is -0.470. The second-order valence-corrected chi connectivity index (χ2v) is 7.24. The Bertz CT molecular complexity index is 542. The van der Waals surface area contributed by atoms with Crippen molar-refractivity contribution in [2.75, 3.05) is 0 Å². The minimum atomic E-state index is -0.470. The molecule has 2 N–H and O–H groups in total. The van der Waals surface area contributed by atoms with E-state index in [4.69, 9.17) is 26.6 Å². The highest BCUT2D eigenvalue weighted by atomic mass is 35.5. The van der Waals surface area contributed by atoms with Crippen LogP contribution in [0.25, 0.3) is 0 Å². The molecule has 0 bridgehead atoms. The normalized spacial score (nSPS) is 25.8. The van der Waals surface area contributed by atoms with E-state index in [0.717, 1.165) is 23.9 Å². The highest BCUT2D eigenvalue weighted by Gasteiger charge is 2.54. The lowest BCUT2D eigenvalue weighted by Gasteiger charge is -2.32. The predicted octanol–water partition coefficient (Wildman–Crippen LogP) is 1.98. The molecule has 1 aliphatic carbocycles. The Morgan fingerprint density at radius 2 is 1.70 bits per heavy atom. The van der Waals surface area contributed by atoms with Crippen molar-refractivity contribution in [1.29, 1.82) is 0 Å². The first-order valence-corrected chi connectivity index (χ1v) is 7.32. The van der Waals surface area contributed by atoms with E-state index < -0.39 is 7.12 Å². The van der Waals surface area contributed by atoms with Gasteiger partial charge in [-0.3, -0.25) is 4.98 Å². The molecule has 0 unspecified atom stereocenters. The fourth-order valence-electron chi connectivity index (χ4n) is 2.51. The number of aromatic nitrogens is 1. The van der Waals surface area contributed by atoms with Crippen molar-refractivity contribution >= 4 is 24.2 Å². The van der Waals surface area contributed by atoms with Gasteiger partial charge in [0, 0.05) is 23.4 Å². The second-order valence-electron chi connectivity index (χ2n) is 6.83. The van der Waals surface area contributed by atoms with Crippen molar-refractivity contribution in [1.82, 2.24) is 4.98 Å².